The first-order valence-electron chi connectivity index (χ1n) is 10.1. The standard InChI is InChI=1S/C22H35N3OS/c1-5-13-24(4)14-6-7-16-26-20-8-9-21-19(17-20)11-15-25(21)22(27)23-12-10-18(2)3/h5,8-9,17-18H,1,6-7,10-16H2,2-4H3,(H,23,27). The summed E-state index contributed by atoms with van der Waals surface area (Å²) in [7, 11) is 2.12. The molecule has 2 rings (SSSR count). The van der Waals surface area contributed by atoms with Gasteiger partial charge in [0.05, 0.1) is 6.61 Å². The second-order valence-corrected chi connectivity index (χ2v) is 8.10. The number of rotatable bonds is 11. The predicted molar refractivity (Wildman–Crippen MR) is 120 cm³/mol. The molecule has 27 heavy (non-hydrogen) atoms. The van der Waals surface area contributed by atoms with Crippen LogP contribution < -0.4 is 15.0 Å². The molecule has 0 unspecified atom stereocenters. The molecule has 1 N–H and O–H groups in total. The Morgan fingerprint density at radius 2 is 2.22 bits per heavy atom. The summed E-state index contributed by atoms with van der Waals surface area (Å²) in [4.78, 5) is 4.49. The molecule has 1 aliphatic heterocycles. The molecule has 1 aliphatic rings. The number of thiocarbonyl (C=S) groups is 1. The summed E-state index contributed by atoms with van der Waals surface area (Å²) in [6, 6.07) is 6.39. The van der Waals surface area contributed by atoms with Crippen LogP contribution in [0.3, 0.4) is 0 Å². The molecule has 0 aliphatic carbocycles. The molecule has 0 atom stereocenters. The minimum Gasteiger partial charge on any atom is -0.494 e. The first-order chi connectivity index (χ1) is 13.0. The lowest BCUT2D eigenvalue weighted by Crippen LogP contribution is -2.39. The Hall–Kier alpha value is -1.59. The van der Waals surface area contributed by atoms with E-state index in [9.17, 15) is 0 Å². The van der Waals surface area contributed by atoms with Crippen LogP contribution in [0.4, 0.5) is 5.69 Å². The summed E-state index contributed by atoms with van der Waals surface area (Å²) in [6.45, 7) is 12.9. The Balaban J connectivity index is 1.76. The van der Waals surface area contributed by atoms with Crippen molar-refractivity contribution in [3.63, 3.8) is 0 Å². The number of nitrogens with zero attached hydrogens (tertiary/aromatic N) is 2. The van der Waals surface area contributed by atoms with Crippen LogP contribution in [0, 0.1) is 5.92 Å². The van der Waals surface area contributed by atoms with E-state index in [0.717, 1.165) is 69.3 Å². The molecule has 1 aromatic rings. The Bertz CT molecular complexity index is 618. The summed E-state index contributed by atoms with van der Waals surface area (Å²) in [5, 5.41) is 4.23. The van der Waals surface area contributed by atoms with Gasteiger partial charge in [-0.05, 0) is 81.2 Å². The molecule has 4 nitrogen and oxygen atoms in total. The Morgan fingerprint density at radius 3 is 2.96 bits per heavy atom. The number of unbranched alkanes of at least 4 members (excludes halogenated alkanes) is 1. The largest absolute Gasteiger partial charge is 0.494 e. The van der Waals surface area contributed by atoms with Crippen LogP contribution in [0.1, 0.15) is 38.7 Å². The molecule has 0 fully saturated rings. The van der Waals surface area contributed by atoms with Gasteiger partial charge < -0.3 is 19.9 Å². The highest BCUT2D eigenvalue weighted by Gasteiger charge is 2.22. The zero-order valence-electron chi connectivity index (χ0n) is 17.2. The maximum absolute atomic E-state index is 5.95. The van der Waals surface area contributed by atoms with Crippen LogP contribution in [0.5, 0.6) is 5.75 Å². The van der Waals surface area contributed by atoms with E-state index in [1.807, 2.05) is 6.08 Å². The molecule has 0 saturated carbocycles. The van der Waals surface area contributed by atoms with E-state index in [0.29, 0.717) is 5.92 Å². The van der Waals surface area contributed by atoms with Crippen LogP contribution >= 0.6 is 12.2 Å². The van der Waals surface area contributed by atoms with E-state index in [4.69, 9.17) is 17.0 Å². The van der Waals surface area contributed by atoms with Crippen molar-refractivity contribution in [1.82, 2.24) is 10.2 Å². The number of likely N-dealkylation sites (N-methyl/N-ethyl adjacent to an activating group) is 1. The van der Waals surface area contributed by atoms with Crippen LogP contribution in [0.15, 0.2) is 30.9 Å². The van der Waals surface area contributed by atoms with Crippen molar-refractivity contribution in [3.8, 4) is 5.75 Å². The summed E-state index contributed by atoms with van der Waals surface area (Å²) in [6.07, 6.45) is 6.30. The van der Waals surface area contributed by atoms with Gasteiger partial charge in [0, 0.05) is 25.3 Å². The fourth-order valence-electron chi connectivity index (χ4n) is 3.23. The van der Waals surface area contributed by atoms with Crippen molar-refractivity contribution < 1.29 is 4.74 Å². The second kappa shape index (κ2) is 11.3. The molecule has 0 aromatic heterocycles. The summed E-state index contributed by atoms with van der Waals surface area (Å²) in [5.41, 5.74) is 2.54. The minimum absolute atomic E-state index is 0.688. The topological polar surface area (TPSA) is 27.7 Å². The van der Waals surface area contributed by atoms with Gasteiger partial charge in [-0.1, -0.05) is 19.9 Å². The average Bonchev–Trinajstić information content (AvgIpc) is 3.04. The normalized spacial score (nSPS) is 13.1. The molecule has 0 amide bonds. The van der Waals surface area contributed by atoms with Crippen molar-refractivity contribution >= 4 is 23.0 Å². The van der Waals surface area contributed by atoms with Gasteiger partial charge in [-0.2, -0.15) is 0 Å². The number of benzene rings is 1. The molecule has 1 aromatic carbocycles. The first-order valence-corrected chi connectivity index (χ1v) is 10.5. The van der Waals surface area contributed by atoms with Crippen molar-refractivity contribution in [2.45, 2.75) is 39.5 Å². The van der Waals surface area contributed by atoms with E-state index < -0.39 is 0 Å². The molecule has 1 heterocycles. The number of hydrogen-bond donors (Lipinski definition) is 1. The third-order valence-corrected chi connectivity index (χ3v) is 5.20. The molecule has 150 valence electrons. The van der Waals surface area contributed by atoms with Crippen molar-refractivity contribution in [1.29, 1.82) is 0 Å². The van der Waals surface area contributed by atoms with Gasteiger partial charge in [0.2, 0.25) is 0 Å². The monoisotopic (exact) mass is 389 g/mol. The van der Waals surface area contributed by atoms with Gasteiger partial charge in [0.1, 0.15) is 5.75 Å². The van der Waals surface area contributed by atoms with Crippen LogP contribution in [-0.4, -0.2) is 49.8 Å². The highest BCUT2D eigenvalue weighted by atomic mass is 32.1. The molecule has 0 saturated heterocycles. The van der Waals surface area contributed by atoms with Gasteiger partial charge in [0.15, 0.2) is 5.11 Å². The molecule has 0 bridgehead atoms. The number of anilines is 1. The second-order valence-electron chi connectivity index (χ2n) is 7.71. The van der Waals surface area contributed by atoms with Crippen LogP contribution in [-0.2, 0) is 6.42 Å². The fourth-order valence-corrected chi connectivity index (χ4v) is 3.52. The van der Waals surface area contributed by atoms with Crippen LogP contribution in [0.25, 0.3) is 0 Å². The quantitative estimate of drug-likeness (QED) is 0.347. The molecule has 5 heteroatoms. The number of fused-ring (bicyclic) bond motifs is 1. The van der Waals surface area contributed by atoms with E-state index in [-0.39, 0.29) is 0 Å². The molecular weight excluding hydrogens is 354 g/mol. The predicted octanol–water partition coefficient (Wildman–Crippen LogP) is 4.25. The third kappa shape index (κ3) is 7.15. The summed E-state index contributed by atoms with van der Waals surface area (Å²) < 4.78 is 5.95. The van der Waals surface area contributed by atoms with Gasteiger partial charge in [-0.3, -0.25) is 0 Å². The zero-order valence-corrected chi connectivity index (χ0v) is 18.0. The van der Waals surface area contributed by atoms with Crippen molar-refractivity contribution in [3.05, 3.63) is 36.4 Å². The average molecular weight is 390 g/mol. The van der Waals surface area contributed by atoms with E-state index in [2.05, 4.69) is 60.8 Å². The Kier molecular flexibility index (Phi) is 9.08. The maximum Gasteiger partial charge on any atom is 0.173 e. The van der Waals surface area contributed by atoms with Gasteiger partial charge in [0.25, 0.3) is 0 Å². The Morgan fingerprint density at radius 1 is 1.41 bits per heavy atom. The zero-order chi connectivity index (χ0) is 19.6. The molecule has 0 spiro atoms. The van der Waals surface area contributed by atoms with Gasteiger partial charge >= 0.3 is 0 Å². The molecule has 0 radical (unpaired) electrons. The smallest absolute Gasteiger partial charge is 0.173 e. The third-order valence-electron chi connectivity index (χ3n) is 4.83. The van der Waals surface area contributed by atoms with Crippen molar-refractivity contribution in [2.24, 2.45) is 5.92 Å². The van der Waals surface area contributed by atoms with Gasteiger partial charge in [-0.25, -0.2) is 0 Å². The molecular formula is C22H35N3OS. The Labute approximate surface area is 170 Å². The fraction of sp³-hybridized carbons (Fsp3) is 0.591. The van der Waals surface area contributed by atoms with E-state index >= 15 is 0 Å². The number of ether oxygens (including phenoxy) is 1. The first kappa shape index (κ1) is 21.7. The van der Waals surface area contributed by atoms with E-state index in [1.165, 1.54) is 11.3 Å². The van der Waals surface area contributed by atoms with Gasteiger partial charge in [-0.15, -0.1) is 6.58 Å². The lowest BCUT2D eigenvalue weighted by molar-refractivity contribution is 0.287. The lowest BCUT2D eigenvalue weighted by atomic mass is 10.1. The SMILES string of the molecule is C=CCN(C)CCCCOc1ccc2c(c1)CCN2C(=S)NCCC(C)C. The highest BCUT2D eigenvalue weighted by molar-refractivity contribution is 7.80. The summed E-state index contributed by atoms with van der Waals surface area (Å²) in [5.74, 6) is 1.65. The number of hydrogen-bond acceptors (Lipinski definition) is 3. The number of nitrogens with one attached hydrogen (secondary N) is 1. The summed E-state index contributed by atoms with van der Waals surface area (Å²) >= 11 is 5.59. The van der Waals surface area contributed by atoms with E-state index in [1.54, 1.807) is 0 Å². The van der Waals surface area contributed by atoms with Crippen molar-refractivity contribution in [2.75, 3.05) is 44.7 Å². The minimum atomic E-state index is 0.688. The highest BCUT2D eigenvalue weighted by Crippen LogP contribution is 2.31. The lowest BCUT2D eigenvalue weighted by Gasteiger charge is -2.22. The van der Waals surface area contributed by atoms with Crippen LogP contribution in [0.2, 0.25) is 0 Å². The maximum atomic E-state index is 5.95.